The van der Waals surface area contributed by atoms with Crippen LogP contribution in [-0.4, -0.2) is 11.6 Å². The summed E-state index contributed by atoms with van der Waals surface area (Å²) in [6.07, 6.45) is 3.37. The second-order valence-electron chi connectivity index (χ2n) is 5.20. The van der Waals surface area contributed by atoms with E-state index in [1.807, 2.05) is 55.4 Å². The van der Waals surface area contributed by atoms with E-state index in [9.17, 15) is 9.59 Å². The number of rotatable bonds is 4. The highest BCUT2D eigenvalue weighted by molar-refractivity contribution is 5.96. The fraction of sp³-hybridized carbons (Fsp3) is 0.625. The molecule has 0 N–H and O–H groups in total. The Kier molecular flexibility index (Phi) is 10.4. The van der Waals surface area contributed by atoms with Crippen molar-refractivity contribution in [1.29, 1.82) is 0 Å². The second-order valence-corrected chi connectivity index (χ2v) is 5.20. The molecule has 0 spiro atoms. The lowest BCUT2D eigenvalue weighted by molar-refractivity contribution is -0.118. The molecule has 0 aliphatic heterocycles. The lowest BCUT2D eigenvalue weighted by atomic mass is 9.99. The van der Waals surface area contributed by atoms with Crippen LogP contribution < -0.4 is 0 Å². The van der Waals surface area contributed by atoms with Crippen molar-refractivity contribution in [2.45, 2.75) is 55.4 Å². The summed E-state index contributed by atoms with van der Waals surface area (Å²) in [5, 5.41) is 0. The minimum Gasteiger partial charge on any atom is -0.295 e. The minimum atomic E-state index is 0.134. The van der Waals surface area contributed by atoms with Gasteiger partial charge < -0.3 is 0 Å². The van der Waals surface area contributed by atoms with Crippen molar-refractivity contribution in [3.63, 3.8) is 0 Å². The predicted molar refractivity (Wildman–Crippen MR) is 78.6 cm³/mol. The van der Waals surface area contributed by atoms with Crippen LogP contribution in [0.15, 0.2) is 23.3 Å². The summed E-state index contributed by atoms with van der Waals surface area (Å²) < 4.78 is 0. The van der Waals surface area contributed by atoms with Crippen molar-refractivity contribution in [2.75, 3.05) is 0 Å². The van der Waals surface area contributed by atoms with Gasteiger partial charge in [0, 0.05) is 11.8 Å². The highest BCUT2D eigenvalue weighted by Gasteiger charge is 2.09. The zero-order valence-corrected chi connectivity index (χ0v) is 13.1. The molecule has 0 rings (SSSR count). The molecule has 0 saturated carbocycles. The number of Topliss-reactive ketones (excluding diaryl/α,β-unsaturated/α-hetero) is 1. The Morgan fingerprint density at radius 1 is 0.889 bits per heavy atom. The number of carbonyl (C=O) groups is 2. The molecule has 0 aromatic carbocycles. The Hall–Kier alpha value is -1.18. The molecule has 0 radical (unpaired) electrons. The van der Waals surface area contributed by atoms with Crippen LogP contribution in [0.4, 0.5) is 0 Å². The largest absolute Gasteiger partial charge is 0.295 e. The number of hydrogen-bond acceptors (Lipinski definition) is 2. The zero-order valence-electron chi connectivity index (χ0n) is 13.1. The van der Waals surface area contributed by atoms with Crippen molar-refractivity contribution < 1.29 is 9.59 Å². The molecule has 0 aromatic rings. The van der Waals surface area contributed by atoms with Gasteiger partial charge in [-0.1, -0.05) is 39.3 Å². The average molecular weight is 252 g/mol. The monoisotopic (exact) mass is 252 g/mol. The summed E-state index contributed by atoms with van der Waals surface area (Å²) in [6.45, 7) is 15.3. The molecular weight excluding hydrogens is 224 g/mol. The normalized spacial score (nSPS) is 10.3. The number of carbonyl (C=O) groups excluding carboxylic acids is 2. The number of ketones is 2. The molecule has 0 aliphatic carbocycles. The molecule has 0 saturated heterocycles. The van der Waals surface area contributed by atoms with Crippen LogP contribution >= 0.6 is 0 Å². The van der Waals surface area contributed by atoms with E-state index in [0.29, 0.717) is 0 Å². The topological polar surface area (TPSA) is 34.1 Å². The Bertz CT molecular complexity index is 327. The summed E-state index contributed by atoms with van der Waals surface area (Å²) in [5.41, 5.74) is 2.04. The molecule has 18 heavy (non-hydrogen) atoms. The quantitative estimate of drug-likeness (QED) is 0.697. The first-order valence-corrected chi connectivity index (χ1v) is 6.49. The van der Waals surface area contributed by atoms with E-state index in [1.54, 1.807) is 12.2 Å². The van der Waals surface area contributed by atoms with Gasteiger partial charge in [0.15, 0.2) is 11.6 Å². The zero-order chi connectivity index (χ0) is 14.9. The summed E-state index contributed by atoms with van der Waals surface area (Å²) in [4.78, 5) is 21.9. The molecule has 0 bridgehead atoms. The summed E-state index contributed by atoms with van der Waals surface area (Å²) in [5.74, 6) is 0.744. The maximum absolute atomic E-state index is 11.2. The molecule has 104 valence electrons. The van der Waals surface area contributed by atoms with Crippen LogP contribution in [0.3, 0.4) is 0 Å². The van der Waals surface area contributed by atoms with Gasteiger partial charge in [-0.05, 0) is 39.3 Å². The Morgan fingerprint density at radius 2 is 1.33 bits per heavy atom. The average Bonchev–Trinajstić information content (AvgIpc) is 2.27. The van der Waals surface area contributed by atoms with Crippen molar-refractivity contribution in [3.8, 4) is 0 Å². The fourth-order valence-corrected chi connectivity index (χ4v) is 1.04. The molecule has 0 amide bonds. The van der Waals surface area contributed by atoms with Gasteiger partial charge in [0.2, 0.25) is 0 Å². The maximum Gasteiger partial charge on any atom is 0.161 e. The smallest absolute Gasteiger partial charge is 0.161 e. The first-order valence-electron chi connectivity index (χ1n) is 6.49. The SMILES string of the molecule is C/C=C\C(=O)C(C)C.CC(C)=C(C)C(=O)C(C)C. The van der Waals surface area contributed by atoms with Crippen molar-refractivity contribution >= 4 is 11.6 Å². The third-order valence-corrected chi connectivity index (χ3v) is 2.54. The molecule has 0 heterocycles. The van der Waals surface area contributed by atoms with Crippen LogP contribution in [0.25, 0.3) is 0 Å². The van der Waals surface area contributed by atoms with Crippen LogP contribution in [0.1, 0.15) is 55.4 Å². The molecule has 0 atom stereocenters. The van der Waals surface area contributed by atoms with E-state index in [-0.39, 0.29) is 23.4 Å². The number of allylic oxidation sites excluding steroid dienone is 4. The van der Waals surface area contributed by atoms with Crippen molar-refractivity contribution in [3.05, 3.63) is 23.3 Å². The molecule has 0 aromatic heterocycles. The highest BCUT2D eigenvalue weighted by atomic mass is 16.1. The third kappa shape index (κ3) is 8.91. The maximum atomic E-state index is 11.2. The van der Waals surface area contributed by atoms with Gasteiger partial charge in [-0.25, -0.2) is 0 Å². The van der Waals surface area contributed by atoms with Crippen LogP contribution in [-0.2, 0) is 9.59 Å². The van der Waals surface area contributed by atoms with Crippen LogP contribution in [0.2, 0.25) is 0 Å². The van der Waals surface area contributed by atoms with E-state index >= 15 is 0 Å². The van der Waals surface area contributed by atoms with Crippen molar-refractivity contribution in [2.24, 2.45) is 11.8 Å². The van der Waals surface area contributed by atoms with E-state index in [4.69, 9.17) is 0 Å². The van der Waals surface area contributed by atoms with Gasteiger partial charge in [-0.15, -0.1) is 0 Å². The van der Waals surface area contributed by atoms with Crippen LogP contribution in [0.5, 0.6) is 0 Å². The van der Waals surface area contributed by atoms with Gasteiger partial charge >= 0.3 is 0 Å². The Balaban J connectivity index is 0. The molecular formula is C16H28O2. The standard InChI is InChI=1S/C9H16O.C7H12O/c1-6(2)8(5)9(10)7(3)4;1-4-5-7(8)6(2)3/h7H,1-5H3;4-6H,1-3H3/b;5-4-. The fourth-order valence-electron chi connectivity index (χ4n) is 1.04. The molecule has 0 fully saturated rings. The number of hydrogen-bond donors (Lipinski definition) is 0. The van der Waals surface area contributed by atoms with Gasteiger partial charge in [-0.3, -0.25) is 9.59 Å². The molecule has 2 nitrogen and oxygen atoms in total. The molecule has 0 aliphatic rings. The third-order valence-electron chi connectivity index (χ3n) is 2.54. The van der Waals surface area contributed by atoms with Crippen molar-refractivity contribution in [1.82, 2.24) is 0 Å². The van der Waals surface area contributed by atoms with Gasteiger partial charge in [-0.2, -0.15) is 0 Å². The van der Waals surface area contributed by atoms with Gasteiger partial charge in [0.1, 0.15) is 0 Å². The van der Waals surface area contributed by atoms with Gasteiger partial charge in [0.05, 0.1) is 0 Å². The summed E-state index contributed by atoms with van der Waals surface area (Å²) in [6, 6.07) is 0. The Morgan fingerprint density at radius 3 is 1.44 bits per heavy atom. The van der Waals surface area contributed by atoms with Gasteiger partial charge in [0.25, 0.3) is 0 Å². The molecule has 0 unspecified atom stereocenters. The Labute approximate surface area is 112 Å². The first kappa shape index (κ1) is 19.2. The van der Waals surface area contributed by atoms with E-state index in [0.717, 1.165) is 11.1 Å². The summed E-state index contributed by atoms with van der Waals surface area (Å²) >= 11 is 0. The second kappa shape index (κ2) is 9.81. The first-order chi connectivity index (χ1) is 8.14. The van der Waals surface area contributed by atoms with E-state index < -0.39 is 0 Å². The molecule has 2 heteroatoms. The van der Waals surface area contributed by atoms with E-state index in [2.05, 4.69) is 0 Å². The minimum absolute atomic E-state index is 0.134. The lowest BCUT2D eigenvalue weighted by Crippen LogP contribution is -2.08. The summed E-state index contributed by atoms with van der Waals surface area (Å²) in [7, 11) is 0. The van der Waals surface area contributed by atoms with E-state index in [1.165, 1.54) is 0 Å². The van der Waals surface area contributed by atoms with Crippen LogP contribution in [0, 0.1) is 11.8 Å². The highest BCUT2D eigenvalue weighted by Crippen LogP contribution is 2.09. The lowest BCUT2D eigenvalue weighted by Gasteiger charge is -2.04. The predicted octanol–water partition coefficient (Wildman–Crippen LogP) is 4.36.